The molecule has 0 amide bonds. The Morgan fingerprint density at radius 2 is 2.18 bits per heavy atom. The number of rotatable bonds is 7. The summed E-state index contributed by atoms with van der Waals surface area (Å²) in [6, 6.07) is 0.629. The number of nitrogens with zero attached hydrogens (tertiary/aromatic N) is 1. The monoisotopic (exact) mass is 238 g/mol. The molecule has 0 aromatic rings. The second kappa shape index (κ2) is 7.88. The molecule has 1 rings (SSSR count). The minimum atomic E-state index is 0.629. The van der Waals surface area contributed by atoms with Crippen LogP contribution in [-0.4, -0.2) is 37.1 Å². The summed E-state index contributed by atoms with van der Waals surface area (Å²) in [5.74, 6) is 1.73. The van der Waals surface area contributed by atoms with Gasteiger partial charge in [0.1, 0.15) is 0 Å². The van der Waals surface area contributed by atoms with E-state index in [-0.39, 0.29) is 0 Å². The molecule has 1 saturated heterocycles. The molecule has 2 unspecified atom stereocenters. The highest BCUT2D eigenvalue weighted by molar-refractivity contribution is 4.78. The Bertz CT molecular complexity index is 207. The molecule has 2 heteroatoms. The maximum absolute atomic E-state index is 3.85. The van der Waals surface area contributed by atoms with Crippen molar-refractivity contribution in [2.75, 3.05) is 26.2 Å². The van der Waals surface area contributed by atoms with Crippen LogP contribution in [0.25, 0.3) is 0 Å². The number of hydrogen-bond acceptors (Lipinski definition) is 2. The standard InChI is InChI=1S/C15H30N2/c1-5-10-17(13(2)3)11-8-14(4)15-7-6-9-16-12-15/h5,13-16H,1,6-12H2,2-4H3. The summed E-state index contributed by atoms with van der Waals surface area (Å²) in [5, 5.41) is 3.52. The van der Waals surface area contributed by atoms with Gasteiger partial charge < -0.3 is 5.32 Å². The van der Waals surface area contributed by atoms with Gasteiger partial charge in [0.25, 0.3) is 0 Å². The maximum Gasteiger partial charge on any atom is 0.0163 e. The Morgan fingerprint density at radius 3 is 2.71 bits per heavy atom. The maximum atomic E-state index is 3.85. The van der Waals surface area contributed by atoms with Crippen LogP contribution < -0.4 is 5.32 Å². The van der Waals surface area contributed by atoms with E-state index >= 15 is 0 Å². The van der Waals surface area contributed by atoms with Crippen LogP contribution in [0, 0.1) is 11.8 Å². The zero-order chi connectivity index (χ0) is 12.7. The topological polar surface area (TPSA) is 15.3 Å². The van der Waals surface area contributed by atoms with Crippen LogP contribution in [0.5, 0.6) is 0 Å². The minimum absolute atomic E-state index is 0.629. The number of piperidine rings is 1. The quantitative estimate of drug-likeness (QED) is 0.686. The Labute approximate surface area is 107 Å². The Kier molecular flexibility index (Phi) is 6.83. The first-order chi connectivity index (χ1) is 8.15. The van der Waals surface area contributed by atoms with Crippen LogP contribution in [0.1, 0.15) is 40.0 Å². The normalized spacial score (nSPS) is 23.0. The lowest BCUT2D eigenvalue weighted by Gasteiger charge is -2.31. The molecule has 1 heterocycles. The van der Waals surface area contributed by atoms with Gasteiger partial charge in [-0.2, -0.15) is 0 Å². The van der Waals surface area contributed by atoms with Gasteiger partial charge in [-0.1, -0.05) is 13.0 Å². The van der Waals surface area contributed by atoms with Crippen molar-refractivity contribution >= 4 is 0 Å². The summed E-state index contributed by atoms with van der Waals surface area (Å²) in [6.45, 7) is 15.5. The molecule has 100 valence electrons. The molecule has 2 nitrogen and oxygen atoms in total. The fraction of sp³-hybridized carbons (Fsp3) is 0.867. The van der Waals surface area contributed by atoms with Gasteiger partial charge in [0.2, 0.25) is 0 Å². The molecule has 0 spiro atoms. The lowest BCUT2D eigenvalue weighted by Crippen LogP contribution is -2.36. The molecular formula is C15H30N2. The third-order valence-corrected chi connectivity index (χ3v) is 4.11. The predicted molar refractivity (Wildman–Crippen MR) is 76.3 cm³/mol. The van der Waals surface area contributed by atoms with Gasteiger partial charge in [0.05, 0.1) is 0 Å². The lowest BCUT2D eigenvalue weighted by atomic mass is 9.85. The highest BCUT2D eigenvalue weighted by Gasteiger charge is 2.20. The van der Waals surface area contributed by atoms with Crippen LogP contribution in [0.15, 0.2) is 12.7 Å². The first-order valence-corrected chi connectivity index (χ1v) is 7.20. The van der Waals surface area contributed by atoms with E-state index in [2.05, 4.69) is 37.6 Å². The SMILES string of the molecule is C=CCN(CCC(C)C1CCCNC1)C(C)C. The lowest BCUT2D eigenvalue weighted by molar-refractivity contribution is 0.197. The van der Waals surface area contributed by atoms with Gasteiger partial charge in [-0.05, 0) is 64.6 Å². The van der Waals surface area contributed by atoms with Crippen molar-refractivity contribution in [3.05, 3.63) is 12.7 Å². The molecule has 17 heavy (non-hydrogen) atoms. The van der Waals surface area contributed by atoms with Gasteiger partial charge in [0.15, 0.2) is 0 Å². The van der Waals surface area contributed by atoms with E-state index in [1.165, 1.54) is 38.9 Å². The number of nitrogens with one attached hydrogen (secondary N) is 1. The van der Waals surface area contributed by atoms with Gasteiger partial charge in [0, 0.05) is 12.6 Å². The van der Waals surface area contributed by atoms with E-state index in [0.717, 1.165) is 18.4 Å². The van der Waals surface area contributed by atoms with Gasteiger partial charge >= 0.3 is 0 Å². The fourth-order valence-electron chi connectivity index (χ4n) is 2.70. The van der Waals surface area contributed by atoms with Crippen molar-refractivity contribution in [1.29, 1.82) is 0 Å². The van der Waals surface area contributed by atoms with Gasteiger partial charge in [-0.3, -0.25) is 4.90 Å². The first-order valence-electron chi connectivity index (χ1n) is 7.20. The van der Waals surface area contributed by atoms with E-state index in [4.69, 9.17) is 0 Å². The van der Waals surface area contributed by atoms with Crippen molar-refractivity contribution in [2.45, 2.75) is 46.1 Å². The van der Waals surface area contributed by atoms with Crippen molar-refractivity contribution in [2.24, 2.45) is 11.8 Å². The van der Waals surface area contributed by atoms with Crippen LogP contribution in [-0.2, 0) is 0 Å². The Balaban J connectivity index is 2.29. The van der Waals surface area contributed by atoms with Crippen molar-refractivity contribution in [1.82, 2.24) is 10.2 Å². The van der Waals surface area contributed by atoms with Gasteiger partial charge in [-0.15, -0.1) is 6.58 Å². The Hall–Kier alpha value is -0.340. The summed E-state index contributed by atoms with van der Waals surface area (Å²) >= 11 is 0. The molecule has 1 aliphatic heterocycles. The highest BCUT2D eigenvalue weighted by atomic mass is 15.1. The summed E-state index contributed by atoms with van der Waals surface area (Å²) in [4.78, 5) is 2.51. The highest BCUT2D eigenvalue weighted by Crippen LogP contribution is 2.22. The van der Waals surface area contributed by atoms with Crippen LogP contribution in [0.4, 0.5) is 0 Å². The molecular weight excluding hydrogens is 208 g/mol. The number of hydrogen-bond donors (Lipinski definition) is 1. The van der Waals surface area contributed by atoms with E-state index in [0.29, 0.717) is 6.04 Å². The van der Waals surface area contributed by atoms with Crippen LogP contribution in [0.3, 0.4) is 0 Å². The first kappa shape index (κ1) is 14.7. The smallest absolute Gasteiger partial charge is 0.0163 e. The van der Waals surface area contributed by atoms with E-state index < -0.39 is 0 Å². The fourth-order valence-corrected chi connectivity index (χ4v) is 2.70. The molecule has 1 aliphatic rings. The van der Waals surface area contributed by atoms with Gasteiger partial charge in [-0.25, -0.2) is 0 Å². The average molecular weight is 238 g/mol. The van der Waals surface area contributed by atoms with E-state index in [1.54, 1.807) is 0 Å². The van der Waals surface area contributed by atoms with Crippen LogP contribution >= 0.6 is 0 Å². The minimum Gasteiger partial charge on any atom is -0.316 e. The summed E-state index contributed by atoms with van der Waals surface area (Å²) in [5.41, 5.74) is 0. The molecule has 2 atom stereocenters. The largest absolute Gasteiger partial charge is 0.316 e. The zero-order valence-electron chi connectivity index (χ0n) is 11.9. The average Bonchev–Trinajstić information content (AvgIpc) is 2.34. The molecule has 0 saturated carbocycles. The second-order valence-electron chi connectivity index (χ2n) is 5.75. The second-order valence-corrected chi connectivity index (χ2v) is 5.75. The Morgan fingerprint density at radius 1 is 1.41 bits per heavy atom. The molecule has 0 bridgehead atoms. The zero-order valence-corrected chi connectivity index (χ0v) is 11.9. The molecule has 0 aromatic heterocycles. The predicted octanol–water partition coefficient (Wildman–Crippen LogP) is 2.91. The third-order valence-electron chi connectivity index (χ3n) is 4.11. The molecule has 0 aromatic carbocycles. The third kappa shape index (κ3) is 5.22. The molecule has 0 aliphatic carbocycles. The van der Waals surface area contributed by atoms with E-state index in [9.17, 15) is 0 Å². The van der Waals surface area contributed by atoms with Crippen LogP contribution in [0.2, 0.25) is 0 Å². The van der Waals surface area contributed by atoms with E-state index in [1.807, 2.05) is 6.08 Å². The summed E-state index contributed by atoms with van der Waals surface area (Å²) in [7, 11) is 0. The van der Waals surface area contributed by atoms with Crippen molar-refractivity contribution in [3.63, 3.8) is 0 Å². The summed E-state index contributed by atoms with van der Waals surface area (Å²) < 4.78 is 0. The van der Waals surface area contributed by atoms with Crippen molar-refractivity contribution < 1.29 is 0 Å². The molecule has 1 fully saturated rings. The summed E-state index contributed by atoms with van der Waals surface area (Å²) in [6.07, 6.45) is 6.11. The molecule has 0 radical (unpaired) electrons. The van der Waals surface area contributed by atoms with Crippen molar-refractivity contribution in [3.8, 4) is 0 Å². The molecule has 1 N–H and O–H groups in total.